The minimum absolute atomic E-state index is 0.00831. The lowest BCUT2D eigenvalue weighted by atomic mass is 9.85. The third kappa shape index (κ3) is 7.41. The fourth-order valence-corrected chi connectivity index (χ4v) is 4.15. The highest BCUT2D eigenvalue weighted by atomic mass is 19.4. The number of anilines is 1. The summed E-state index contributed by atoms with van der Waals surface area (Å²) in [7, 11) is 0. The van der Waals surface area contributed by atoms with E-state index in [9.17, 15) is 26.3 Å². The van der Waals surface area contributed by atoms with Crippen molar-refractivity contribution >= 4 is 5.69 Å². The van der Waals surface area contributed by atoms with Gasteiger partial charge < -0.3 is 10.1 Å². The first kappa shape index (κ1) is 26.4. The molecular formula is C27H27F6NO. The molecule has 0 aliphatic rings. The largest absolute Gasteiger partial charge is 0.573 e. The topological polar surface area (TPSA) is 21.3 Å². The van der Waals surface area contributed by atoms with E-state index in [0.29, 0.717) is 17.5 Å². The van der Waals surface area contributed by atoms with Gasteiger partial charge in [-0.3, -0.25) is 0 Å². The molecule has 3 rings (SSSR count). The van der Waals surface area contributed by atoms with E-state index in [1.54, 1.807) is 13.0 Å². The summed E-state index contributed by atoms with van der Waals surface area (Å²) < 4.78 is 84.0. The molecule has 8 heteroatoms. The van der Waals surface area contributed by atoms with E-state index in [0.717, 1.165) is 17.7 Å². The van der Waals surface area contributed by atoms with Gasteiger partial charge in [0.2, 0.25) is 0 Å². The molecule has 0 radical (unpaired) electrons. The second-order valence-electron chi connectivity index (χ2n) is 8.93. The molecule has 0 fully saturated rings. The lowest BCUT2D eigenvalue weighted by Crippen LogP contribution is -2.17. The molecule has 0 amide bonds. The monoisotopic (exact) mass is 495 g/mol. The summed E-state index contributed by atoms with van der Waals surface area (Å²) in [5, 5.41) is 2.88. The number of nitrogens with one attached hydrogen (secondary N) is 1. The van der Waals surface area contributed by atoms with E-state index in [1.807, 2.05) is 44.2 Å². The number of halogens is 6. The Hall–Kier alpha value is -3.16. The highest BCUT2D eigenvalue weighted by molar-refractivity contribution is 5.73. The van der Waals surface area contributed by atoms with Crippen LogP contribution in [0, 0.1) is 5.92 Å². The number of alkyl halides is 6. The van der Waals surface area contributed by atoms with Gasteiger partial charge in [0.25, 0.3) is 0 Å². The third-order valence-electron chi connectivity index (χ3n) is 5.56. The highest BCUT2D eigenvalue weighted by Gasteiger charge is 2.38. The van der Waals surface area contributed by atoms with Crippen LogP contribution >= 0.6 is 0 Å². The smallest absolute Gasteiger partial charge is 0.406 e. The number of rotatable bonds is 8. The van der Waals surface area contributed by atoms with Crippen LogP contribution in [0.25, 0.3) is 11.1 Å². The lowest BCUT2D eigenvalue weighted by molar-refractivity contribution is -0.274. The van der Waals surface area contributed by atoms with Crippen LogP contribution in [0.3, 0.4) is 0 Å². The van der Waals surface area contributed by atoms with Crippen molar-refractivity contribution in [2.75, 3.05) is 5.32 Å². The summed E-state index contributed by atoms with van der Waals surface area (Å²) in [5.41, 5.74) is 1.37. The highest BCUT2D eigenvalue weighted by Crippen LogP contribution is 2.44. The van der Waals surface area contributed by atoms with Crippen LogP contribution in [-0.2, 0) is 12.7 Å². The van der Waals surface area contributed by atoms with E-state index in [2.05, 4.69) is 10.1 Å². The molecule has 3 aromatic carbocycles. The number of ether oxygens (including phenoxy) is 1. The maximum absolute atomic E-state index is 14.3. The number of hydrogen-bond acceptors (Lipinski definition) is 2. The zero-order chi connectivity index (χ0) is 25.8. The maximum atomic E-state index is 14.3. The van der Waals surface area contributed by atoms with E-state index >= 15 is 0 Å². The Morgan fingerprint density at radius 3 is 1.97 bits per heavy atom. The molecule has 2 nitrogen and oxygen atoms in total. The summed E-state index contributed by atoms with van der Waals surface area (Å²) in [4.78, 5) is 0. The van der Waals surface area contributed by atoms with Gasteiger partial charge in [0.05, 0.1) is 5.56 Å². The Kier molecular flexibility index (Phi) is 8.03. The van der Waals surface area contributed by atoms with Crippen LogP contribution in [0.4, 0.5) is 32.0 Å². The van der Waals surface area contributed by atoms with Crippen molar-refractivity contribution in [2.24, 2.45) is 5.92 Å². The van der Waals surface area contributed by atoms with Gasteiger partial charge in [0.15, 0.2) is 0 Å². The van der Waals surface area contributed by atoms with Crippen LogP contribution < -0.4 is 10.1 Å². The van der Waals surface area contributed by atoms with Gasteiger partial charge in [0.1, 0.15) is 5.75 Å². The fraction of sp³-hybridized carbons (Fsp3) is 0.333. The Balaban J connectivity index is 2.01. The molecule has 0 aliphatic carbocycles. The molecule has 1 atom stereocenters. The van der Waals surface area contributed by atoms with Gasteiger partial charge in [-0.2, -0.15) is 13.2 Å². The second-order valence-corrected chi connectivity index (χ2v) is 8.93. The molecule has 0 aliphatic heterocycles. The summed E-state index contributed by atoms with van der Waals surface area (Å²) in [6, 6.07) is 17.3. The van der Waals surface area contributed by atoms with Gasteiger partial charge >= 0.3 is 12.5 Å². The molecule has 0 saturated heterocycles. The second kappa shape index (κ2) is 10.6. The SMILES string of the molecule is CC(C)CC(C)c1cc(-c2ccccc2)cc(NCc2ccc(OC(F)(F)F)cc2)c1C(F)(F)F. The third-order valence-corrected chi connectivity index (χ3v) is 5.56. The normalized spacial score (nSPS) is 13.1. The number of benzene rings is 3. The molecule has 35 heavy (non-hydrogen) atoms. The molecule has 0 spiro atoms. The Bertz CT molecular complexity index is 1110. The van der Waals surface area contributed by atoms with Gasteiger partial charge in [-0.05, 0) is 58.7 Å². The summed E-state index contributed by atoms with van der Waals surface area (Å²) in [5.74, 6) is -0.525. The molecule has 0 bridgehead atoms. The Morgan fingerprint density at radius 1 is 0.800 bits per heavy atom. The molecule has 0 heterocycles. The average Bonchev–Trinajstić information content (AvgIpc) is 2.76. The summed E-state index contributed by atoms with van der Waals surface area (Å²) in [6.45, 7) is 5.72. The van der Waals surface area contributed by atoms with Crippen LogP contribution in [0.2, 0.25) is 0 Å². The average molecular weight is 496 g/mol. The first-order valence-electron chi connectivity index (χ1n) is 11.2. The maximum Gasteiger partial charge on any atom is 0.573 e. The molecule has 0 saturated carbocycles. The lowest BCUT2D eigenvalue weighted by Gasteiger charge is -2.25. The van der Waals surface area contributed by atoms with Gasteiger partial charge in [0, 0.05) is 12.2 Å². The minimum Gasteiger partial charge on any atom is -0.406 e. The fourth-order valence-electron chi connectivity index (χ4n) is 4.15. The minimum atomic E-state index is -4.82. The first-order chi connectivity index (χ1) is 16.3. The van der Waals surface area contributed by atoms with Gasteiger partial charge in [-0.15, -0.1) is 13.2 Å². The zero-order valence-corrected chi connectivity index (χ0v) is 19.6. The van der Waals surface area contributed by atoms with E-state index in [1.165, 1.54) is 18.2 Å². The summed E-state index contributed by atoms with van der Waals surface area (Å²) >= 11 is 0. The van der Waals surface area contributed by atoms with Gasteiger partial charge in [-0.1, -0.05) is 69.3 Å². The van der Waals surface area contributed by atoms with Crippen molar-refractivity contribution in [3.63, 3.8) is 0 Å². The standard InChI is InChI=1S/C27H27F6NO/c1-17(2)13-18(3)23-14-21(20-7-5-4-6-8-20)15-24(25(23)26(28,29)30)34-16-19-9-11-22(12-10-19)35-27(31,32)33/h4-12,14-15,17-18,34H,13,16H2,1-3H3. The van der Waals surface area contributed by atoms with Crippen molar-refractivity contribution in [1.82, 2.24) is 0 Å². The zero-order valence-electron chi connectivity index (χ0n) is 19.6. The van der Waals surface area contributed by atoms with E-state index in [4.69, 9.17) is 0 Å². The van der Waals surface area contributed by atoms with Gasteiger partial charge in [-0.25, -0.2) is 0 Å². The molecule has 1 N–H and O–H groups in total. The van der Waals surface area contributed by atoms with Crippen molar-refractivity contribution in [1.29, 1.82) is 0 Å². The molecule has 1 unspecified atom stereocenters. The molecule has 188 valence electrons. The predicted molar refractivity (Wildman–Crippen MR) is 125 cm³/mol. The van der Waals surface area contributed by atoms with Crippen LogP contribution in [-0.4, -0.2) is 6.36 Å². The quantitative estimate of drug-likeness (QED) is 0.315. The van der Waals surface area contributed by atoms with Crippen LogP contribution in [0.1, 0.15) is 49.8 Å². The Labute approximate surface area is 200 Å². The Morgan fingerprint density at radius 2 is 1.43 bits per heavy atom. The van der Waals surface area contributed by atoms with Crippen LogP contribution in [0.15, 0.2) is 66.7 Å². The van der Waals surface area contributed by atoms with E-state index < -0.39 is 23.9 Å². The van der Waals surface area contributed by atoms with Crippen molar-refractivity contribution < 1.29 is 31.1 Å². The van der Waals surface area contributed by atoms with Crippen LogP contribution in [0.5, 0.6) is 5.75 Å². The van der Waals surface area contributed by atoms with Crippen molar-refractivity contribution in [3.8, 4) is 16.9 Å². The molecule has 3 aromatic rings. The summed E-state index contributed by atoms with van der Waals surface area (Å²) in [6.07, 6.45) is -8.83. The molecule has 0 aromatic heterocycles. The van der Waals surface area contributed by atoms with Crippen molar-refractivity contribution in [3.05, 3.63) is 83.4 Å². The molecular weight excluding hydrogens is 468 g/mol. The van der Waals surface area contributed by atoms with Crippen molar-refractivity contribution in [2.45, 2.75) is 52.2 Å². The predicted octanol–water partition coefficient (Wildman–Crippen LogP) is 9.03. The number of hydrogen-bond donors (Lipinski definition) is 1. The van der Waals surface area contributed by atoms with E-state index in [-0.39, 0.29) is 29.6 Å². The first-order valence-corrected chi connectivity index (χ1v) is 11.2.